The minimum atomic E-state index is -0.174. The normalized spacial score (nSPS) is 14.3. The van der Waals surface area contributed by atoms with Crippen LogP contribution in [0.2, 0.25) is 0 Å². The first-order valence-electron chi connectivity index (χ1n) is 7.21. The van der Waals surface area contributed by atoms with Crippen molar-refractivity contribution in [3.05, 3.63) is 29.8 Å². The Bertz CT molecular complexity index is 382. The molecule has 1 aromatic carbocycles. The van der Waals surface area contributed by atoms with Gasteiger partial charge in [-0.1, -0.05) is 25.1 Å². The first-order valence-corrected chi connectivity index (χ1v) is 7.21. The van der Waals surface area contributed by atoms with Gasteiger partial charge in [0, 0.05) is 11.6 Å². The summed E-state index contributed by atoms with van der Waals surface area (Å²) >= 11 is 0. The van der Waals surface area contributed by atoms with E-state index in [2.05, 4.69) is 6.92 Å². The molecule has 1 rings (SSSR count). The van der Waals surface area contributed by atoms with E-state index in [0.29, 0.717) is 13.2 Å². The Balaban J connectivity index is 2.73. The summed E-state index contributed by atoms with van der Waals surface area (Å²) in [5.74, 6) is 0.811. The summed E-state index contributed by atoms with van der Waals surface area (Å²) in [6.45, 7) is 7.17. The molecule has 114 valence electrons. The van der Waals surface area contributed by atoms with Crippen LogP contribution in [0.4, 0.5) is 0 Å². The second-order valence-electron chi connectivity index (χ2n) is 5.02. The molecule has 2 unspecified atom stereocenters. The van der Waals surface area contributed by atoms with E-state index in [4.69, 9.17) is 19.9 Å². The fraction of sp³-hybridized carbons (Fsp3) is 0.625. The van der Waals surface area contributed by atoms with E-state index < -0.39 is 0 Å². The predicted octanol–water partition coefficient (Wildman–Crippen LogP) is 2.92. The number of para-hydroxylation sites is 1. The molecular weight excluding hydrogens is 254 g/mol. The van der Waals surface area contributed by atoms with Gasteiger partial charge in [0.15, 0.2) is 0 Å². The van der Waals surface area contributed by atoms with E-state index in [1.54, 1.807) is 7.11 Å². The largest absolute Gasteiger partial charge is 0.496 e. The highest BCUT2D eigenvalue weighted by molar-refractivity contribution is 5.35. The van der Waals surface area contributed by atoms with Crippen molar-refractivity contribution in [2.75, 3.05) is 20.3 Å². The Hall–Kier alpha value is -1.10. The molecule has 4 heteroatoms. The number of rotatable bonds is 9. The van der Waals surface area contributed by atoms with Crippen LogP contribution in [0.25, 0.3) is 0 Å². The van der Waals surface area contributed by atoms with Crippen LogP contribution in [0.3, 0.4) is 0 Å². The Morgan fingerprint density at radius 2 is 1.75 bits per heavy atom. The zero-order valence-electron chi connectivity index (χ0n) is 13.0. The second-order valence-corrected chi connectivity index (χ2v) is 5.02. The topological polar surface area (TPSA) is 53.7 Å². The number of ether oxygens (including phenoxy) is 3. The van der Waals surface area contributed by atoms with Crippen LogP contribution in [0.5, 0.6) is 5.75 Å². The van der Waals surface area contributed by atoms with Crippen molar-refractivity contribution in [1.29, 1.82) is 0 Å². The lowest BCUT2D eigenvalue weighted by Gasteiger charge is -2.25. The van der Waals surface area contributed by atoms with Gasteiger partial charge >= 0.3 is 0 Å². The van der Waals surface area contributed by atoms with Crippen LogP contribution in [0.1, 0.15) is 38.9 Å². The molecule has 0 aliphatic carbocycles. The predicted molar refractivity (Wildman–Crippen MR) is 81.0 cm³/mol. The first-order chi connectivity index (χ1) is 9.60. The smallest absolute Gasteiger partial charge is 0.124 e. The van der Waals surface area contributed by atoms with Crippen molar-refractivity contribution in [3.8, 4) is 5.75 Å². The molecule has 0 amide bonds. The van der Waals surface area contributed by atoms with Crippen LogP contribution >= 0.6 is 0 Å². The summed E-state index contributed by atoms with van der Waals surface area (Å²) < 4.78 is 16.8. The average Bonchev–Trinajstić information content (AvgIpc) is 2.46. The highest BCUT2D eigenvalue weighted by Crippen LogP contribution is 2.30. The molecule has 2 atom stereocenters. The summed E-state index contributed by atoms with van der Waals surface area (Å²) in [6, 6.07) is 7.78. The minimum absolute atomic E-state index is 0.0645. The van der Waals surface area contributed by atoms with Crippen molar-refractivity contribution in [1.82, 2.24) is 0 Å². The first kappa shape index (κ1) is 17.0. The number of nitrogens with two attached hydrogens (primary N) is 1. The molecule has 0 spiro atoms. The standard InChI is InChI=1S/C16H27NO3/c1-5-14(17)16(20-11-10-19-12(2)3)13-8-6-7-9-15(13)18-4/h6-9,12,14,16H,5,10-11,17H2,1-4H3. The quantitative estimate of drug-likeness (QED) is 0.707. The highest BCUT2D eigenvalue weighted by atomic mass is 16.5. The molecule has 0 saturated heterocycles. The van der Waals surface area contributed by atoms with Gasteiger partial charge in [-0.15, -0.1) is 0 Å². The van der Waals surface area contributed by atoms with Gasteiger partial charge in [0.1, 0.15) is 11.9 Å². The summed E-state index contributed by atoms with van der Waals surface area (Å²) in [7, 11) is 1.66. The number of hydrogen-bond donors (Lipinski definition) is 1. The number of methoxy groups -OCH3 is 1. The monoisotopic (exact) mass is 281 g/mol. The maximum absolute atomic E-state index is 6.19. The second kappa shape index (κ2) is 8.95. The van der Waals surface area contributed by atoms with E-state index in [9.17, 15) is 0 Å². The van der Waals surface area contributed by atoms with E-state index in [-0.39, 0.29) is 18.2 Å². The zero-order valence-corrected chi connectivity index (χ0v) is 13.0. The van der Waals surface area contributed by atoms with Gasteiger partial charge in [-0.2, -0.15) is 0 Å². The van der Waals surface area contributed by atoms with Crippen LogP contribution in [-0.4, -0.2) is 32.5 Å². The van der Waals surface area contributed by atoms with Crippen molar-refractivity contribution in [2.24, 2.45) is 5.73 Å². The molecule has 0 bridgehead atoms. The Morgan fingerprint density at radius 1 is 1.10 bits per heavy atom. The van der Waals surface area contributed by atoms with Crippen LogP contribution in [0.15, 0.2) is 24.3 Å². The third-order valence-electron chi connectivity index (χ3n) is 3.14. The van der Waals surface area contributed by atoms with E-state index >= 15 is 0 Å². The Morgan fingerprint density at radius 3 is 2.35 bits per heavy atom. The Labute approximate surface area is 122 Å². The summed E-state index contributed by atoms with van der Waals surface area (Å²) in [5, 5.41) is 0. The summed E-state index contributed by atoms with van der Waals surface area (Å²) in [4.78, 5) is 0. The minimum Gasteiger partial charge on any atom is -0.496 e. The van der Waals surface area contributed by atoms with Crippen molar-refractivity contribution < 1.29 is 14.2 Å². The molecule has 1 aromatic rings. The third kappa shape index (κ3) is 5.12. The fourth-order valence-corrected chi connectivity index (χ4v) is 2.02. The van der Waals surface area contributed by atoms with E-state index in [1.807, 2.05) is 38.1 Å². The van der Waals surface area contributed by atoms with Crippen molar-refractivity contribution in [2.45, 2.75) is 45.4 Å². The molecule has 0 aromatic heterocycles. The summed E-state index contributed by atoms with van der Waals surface area (Å²) in [5.41, 5.74) is 7.19. The van der Waals surface area contributed by atoms with Gasteiger partial charge in [0.05, 0.1) is 26.4 Å². The molecule has 0 saturated carbocycles. The summed E-state index contributed by atoms with van der Waals surface area (Å²) in [6.07, 6.45) is 0.878. The van der Waals surface area contributed by atoms with Crippen molar-refractivity contribution >= 4 is 0 Å². The molecule has 0 heterocycles. The van der Waals surface area contributed by atoms with Crippen LogP contribution in [-0.2, 0) is 9.47 Å². The third-order valence-corrected chi connectivity index (χ3v) is 3.14. The molecule has 0 aliphatic rings. The fourth-order valence-electron chi connectivity index (χ4n) is 2.02. The number of hydrogen-bond acceptors (Lipinski definition) is 4. The molecule has 4 nitrogen and oxygen atoms in total. The van der Waals surface area contributed by atoms with Crippen LogP contribution in [0, 0.1) is 0 Å². The van der Waals surface area contributed by atoms with Crippen molar-refractivity contribution in [3.63, 3.8) is 0 Å². The highest BCUT2D eigenvalue weighted by Gasteiger charge is 2.22. The maximum Gasteiger partial charge on any atom is 0.124 e. The average molecular weight is 281 g/mol. The maximum atomic E-state index is 6.19. The van der Waals surface area contributed by atoms with Gasteiger partial charge in [-0.25, -0.2) is 0 Å². The molecule has 20 heavy (non-hydrogen) atoms. The van der Waals surface area contributed by atoms with E-state index in [1.165, 1.54) is 0 Å². The van der Waals surface area contributed by atoms with Gasteiger partial charge in [-0.3, -0.25) is 0 Å². The lowest BCUT2D eigenvalue weighted by atomic mass is 10.00. The lowest BCUT2D eigenvalue weighted by molar-refractivity contribution is -0.0231. The van der Waals surface area contributed by atoms with Gasteiger partial charge in [-0.05, 0) is 26.3 Å². The molecule has 0 fully saturated rings. The molecule has 0 radical (unpaired) electrons. The zero-order chi connectivity index (χ0) is 15.0. The molecular formula is C16H27NO3. The SMILES string of the molecule is CCC(N)C(OCCOC(C)C)c1ccccc1OC. The Kier molecular flexibility index (Phi) is 7.59. The molecule has 2 N–H and O–H groups in total. The van der Waals surface area contributed by atoms with Gasteiger partial charge in [0.2, 0.25) is 0 Å². The van der Waals surface area contributed by atoms with Gasteiger partial charge < -0.3 is 19.9 Å². The van der Waals surface area contributed by atoms with E-state index in [0.717, 1.165) is 17.7 Å². The molecule has 0 aliphatic heterocycles. The van der Waals surface area contributed by atoms with Gasteiger partial charge in [0.25, 0.3) is 0 Å². The lowest BCUT2D eigenvalue weighted by Crippen LogP contribution is -2.30. The number of benzene rings is 1. The van der Waals surface area contributed by atoms with Crippen LogP contribution < -0.4 is 10.5 Å².